The fourth-order valence-corrected chi connectivity index (χ4v) is 1.72. The van der Waals surface area contributed by atoms with Crippen LogP contribution >= 0.6 is 0 Å². The van der Waals surface area contributed by atoms with Crippen LogP contribution in [0.25, 0.3) is 16.9 Å². The zero-order valence-electron chi connectivity index (χ0n) is 9.62. The van der Waals surface area contributed by atoms with Gasteiger partial charge in [-0.25, -0.2) is 0 Å². The van der Waals surface area contributed by atoms with Crippen LogP contribution in [0.1, 0.15) is 10.6 Å². The Morgan fingerprint density at radius 1 is 1.28 bits per heavy atom. The van der Waals surface area contributed by atoms with Crippen LogP contribution in [0.2, 0.25) is 0 Å². The van der Waals surface area contributed by atoms with Crippen LogP contribution in [-0.4, -0.2) is 27.9 Å². The van der Waals surface area contributed by atoms with Crippen molar-refractivity contribution in [2.45, 2.75) is 0 Å². The summed E-state index contributed by atoms with van der Waals surface area (Å²) in [6.45, 7) is 0. The molecule has 18 heavy (non-hydrogen) atoms. The van der Waals surface area contributed by atoms with E-state index < -0.39 is 0 Å². The second-order valence-corrected chi connectivity index (χ2v) is 3.71. The molecule has 0 saturated carbocycles. The first-order chi connectivity index (χ1) is 8.79. The zero-order valence-corrected chi connectivity index (χ0v) is 9.62. The maximum absolute atomic E-state index is 11.4. The van der Waals surface area contributed by atoms with Crippen molar-refractivity contribution < 1.29 is 9.21 Å². The minimum Gasteiger partial charge on any atom is -0.433 e. The molecule has 0 radical (unpaired) electrons. The predicted molar refractivity (Wildman–Crippen MR) is 64.5 cm³/mol. The lowest BCUT2D eigenvalue weighted by atomic mass is 10.3. The van der Waals surface area contributed by atoms with Crippen molar-refractivity contribution in [2.75, 3.05) is 7.05 Å². The van der Waals surface area contributed by atoms with Crippen LogP contribution in [0, 0.1) is 0 Å². The largest absolute Gasteiger partial charge is 0.433 e. The lowest BCUT2D eigenvalue weighted by Crippen LogP contribution is -2.16. The molecule has 2 heterocycles. The topological polar surface area (TPSA) is 73.0 Å². The number of hydrogen-bond acceptors (Lipinski definition) is 4. The van der Waals surface area contributed by atoms with Gasteiger partial charge in [0.2, 0.25) is 5.88 Å². The van der Waals surface area contributed by atoms with Gasteiger partial charge in [0, 0.05) is 13.1 Å². The van der Waals surface area contributed by atoms with Gasteiger partial charge in [-0.2, -0.15) is 4.68 Å². The molecule has 0 atom stereocenters. The Morgan fingerprint density at radius 3 is 2.94 bits per heavy atom. The van der Waals surface area contributed by atoms with Crippen molar-refractivity contribution in [3.8, 4) is 5.88 Å². The van der Waals surface area contributed by atoms with E-state index in [0.717, 1.165) is 11.0 Å². The number of furan rings is 1. The minimum absolute atomic E-state index is 0.243. The van der Waals surface area contributed by atoms with Crippen LogP contribution in [0.3, 0.4) is 0 Å². The first kappa shape index (κ1) is 10.5. The lowest BCUT2D eigenvalue weighted by molar-refractivity contribution is 0.0935. The number of carbonyl (C=O) groups excluding carboxylic acids is 1. The van der Waals surface area contributed by atoms with Crippen molar-refractivity contribution in [3.05, 3.63) is 42.2 Å². The minimum atomic E-state index is -0.273. The Labute approximate surface area is 102 Å². The Balaban J connectivity index is 2.09. The van der Waals surface area contributed by atoms with E-state index in [1.54, 1.807) is 23.9 Å². The molecule has 3 aromatic rings. The summed E-state index contributed by atoms with van der Waals surface area (Å²) < 4.78 is 6.99. The number of amides is 1. The molecule has 90 valence electrons. The molecule has 0 unspecified atom stereocenters. The summed E-state index contributed by atoms with van der Waals surface area (Å²) in [5, 5.41) is 10.5. The smallest absolute Gasteiger partial charge is 0.286 e. The number of aromatic nitrogens is 3. The molecular weight excluding hydrogens is 232 g/mol. The van der Waals surface area contributed by atoms with E-state index in [9.17, 15) is 4.79 Å². The third kappa shape index (κ3) is 1.55. The molecule has 0 fully saturated rings. The van der Waals surface area contributed by atoms with Crippen LogP contribution in [0.4, 0.5) is 0 Å². The van der Waals surface area contributed by atoms with E-state index in [-0.39, 0.29) is 11.7 Å². The summed E-state index contributed by atoms with van der Waals surface area (Å²) in [6, 6.07) is 10.8. The highest BCUT2D eigenvalue weighted by molar-refractivity contribution is 5.91. The Morgan fingerprint density at radius 2 is 2.11 bits per heavy atom. The van der Waals surface area contributed by atoms with E-state index >= 15 is 0 Å². The Bertz CT molecular complexity index is 714. The fraction of sp³-hybridized carbons (Fsp3) is 0.0833. The first-order valence-corrected chi connectivity index (χ1v) is 5.42. The quantitative estimate of drug-likeness (QED) is 0.736. The number of rotatable bonds is 2. The highest BCUT2D eigenvalue weighted by Gasteiger charge is 2.13. The van der Waals surface area contributed by atoms with Crippen LogP contribution in [0.15, 0.2) is 40.8 Å². The number of para-hydroxylation sites is 1. The van der Waals surface area contributed by atoms with E-state index in [1.165, 1.54) is 0 Å². The average molecular weight is 242 g/mol. The summed E-state index contributed by atoms with van der Waals surface area (Å²) in [7, 11) is 1.55. The van der Waals surface area contributed by atoms with E-state index in [4.69, 9.17) is 4.42 Å². The highest BCUT2D eigenvalue weighted by Crippen LogP contribution is 2.18. The lowest BCUT2D eigenvalue weighted by Gasteiger charge is -1.97. The SMILES string of the molecule is CNC(=O)c1ccc(-n2nnc3ccccc32)o1. The molecule has 1 amide bonds. The number of benzene rings is 1. The number of nitrogens with zero attached hydrogens (tertiary/aromatic N) is 3. The third-order valence-corrected chi connectivity index (χ3v) is 2.60. The molecule has 3 rings (SSSR count). The Hall–Kier alpha value is -2.63. The molecule has 6 nitrogen and oxygen atoms in total. The molecule has 1 N–H and O–H groups in total. The highest BCUT2D eigenvalue weighted by atomic mass is 16.4. The van der Waals surface area contributed by atoms with Gasteiger partial charge in [0.15, 0.2) is 5.76 Å². The van der Waals surface area contributed by atoms with E-state index in [2.05, 4.69) is 15.6 Å². The monoisotopic (exact) mass is 242 g/mol. The van der Waals surface area contributed by atoms with Crippen molar-refractivity contribution in [2.24, 2.45) is 0 Å². The van der Waals surface area contributed by atoms with Crippen LogP contribution < -0.4 is 5.32 Å². The van der Waals surface area contributed by atoms with Gasteiger partial charge in [-0.1, -0.05) is 17.3 Å². The summed E-state index contributed by atoms with van der Waals surface area (Å²) >= 11 is 0. The number of hydrogen-bond donors (Lipinski definition) is 1. The van der Waals surface area contributed by atoms with Gasteiger partial charge >= 0.3 is 0 Å². The number of carbonyl (C=O) groups is 1. The maximum Gasteiger partial charge on any atom is 0.286 e. The number of fused-ring (bicyclic) bond motifs is 1. The normalized spacial score (nSPS) is 10.7. The molecule has 0 aliphatic heterocycles. The van der Waals surface area contributed by atoms with Gasteiger partial charge in [-0.05, 0) is 18.2 Å². The molecule has 2 aromatic heterocycles. The van der Waals surface area contributed by atoms with Crippen molar-refractivity contribution in [1.82, 2.24) is 20.3 Å². The third-order valence-electron chi connectivity index (χ3n) is 2.60. The average Bonchev–Trinajstić information content (AvgIpc) is 3.03. The molecule has 0 bridgehead atoms. The fourth-order valence-electron chi connectivity index (χ4n) is 1.72. The van der Waals surface area contributed by atoms with E-state index in [1.807, 2.05) is 24.3 Å². The van der Waals surface area contributed by atoms with Gasteiger partial charge in [0.1, 0.15) is 5.52 Å². The maximum atomic E-state index is 11.4. The summed E-state index contributed by atoms with van der Waals surface area (Å²) in [4.78, 5) is 11.4. The predicted octanol–water partition coefficient (Wildman–Crippen LogP) is 1.37. The molecule has 1 aromatic carbocycles. The molecule has 0 aliphatic rings. The second-order valence-electron chi connectivity index (χ2n) is 3.71. The van der Waals surface area contributed by atoms with Gasteiger partial charge in [0.25, 0.3) is 5.91 Å². The molecule has 0 aliphatic carbocycles. The molecule has 0 spiro atoms. The number of nitrogens with one attached hydrogen (secondary N) is 1. The Kier molecular flexibility index (Phi) is 2.33. The summed E-state index contributed by atoms with van der Waals surface area (Å²) in [5.41, 5.74) is 1.60. The van der Waals surface area contributed by atoms with Crippen molar-refractivity contribution in [3.63, 3.8) is 0 Å². The zero-order chi connectivity index (χ0) is 12.5. The molecule has 0 saturated heterocycles. The molecule has 6 heteroatoms. The van der Waals surface area contributed by atoms with Gasteiger partial charge in [-0.15, -0.1) is 5.10 Å². The first-order valence-electron chi connectivity index (χ1n) is 5.42. The van der Waals surface area contributed by atoms with Crippen molar-refractivity contribution >= 4 is 16.9 Å². The van der Waals surface area contributed by atoms with E-state index in [0.29, 0.717) is 5.88 Å². The van der Waals surface area contributed by atoms with Crippen molar-refractivity contribution in [1.29, 1.82) is 0 Å². The standard InChI is InChI=1S/C12H10N4O2/c1-13-12(17)10-6-7-11(18-10)16-9-5-3-2-4-8(9)14-15-16/h2-7H,1H3,(H,13,17). The second kappa shape index (κ2) is 3.99. The summed E-state index contributed by atoms with van der Waals surface area (Å²) in [5.74, 6) is 0.431. The van der Waals surface area contributed by atoms with Gasteiger partial charge < -0.3 is 9.73 Å². The van der Waals surface area contributed by atoms with Gasteiger partial charge in [-0.3, -0.25) is 4.79 Å². The molecular formula is C12H10N4O2. The van der Waals surface area contributed by atoms with Crippen LogP contribution in [-0.2, 0) is 0 Å². The van der Waals surface area contributed by atoms with Gasteiger partial charge in [0.05, 0.1) is 5.52 Å². The van der Waals surface area contributed by atoms with Crippen LogP contribution in [0.5, 0.6) is 0 Å². The summed E-state index contributed by atoms with van der Waals surface area (Å²) in [6.07, 6.45) is 0.